The summed E-state index contributed by atoms with van der Waals surface area (Å²) in [6.45, 7) is 5.26. The zero-order chi connectivity index (χ0) is 24.0. The van der Waals surface area contributed by atoms with Gasteiger partial charge in [0.2, 0.25) is 5.95 Å². The fourth-order valence-corrected chi connectivity index (χ4v) is 5.20. The van der Waals surface area contributed by atoms with Gasteiger partial charge in [0.15, 0.2) is 5.16 Å². The van der Waals surface area contributed by atoms with Crippen molar-refractivity contribution >= 4 is 17.7 Å². The number of H-pyrrole nitrogens is 1. The van der Waals surface area contributed by atoms with Crippen LogP contribution in [0, 0.1) is 6.92 Å². The van der Waals surface area contributed by atoms with Crippen LogP contribution in [-0.4, -0.2) is 51.0 Å². The highest BCUT2D eigenvalue weighted by Crippen LogP contribution is 2.30. The summed E-state index contributed by atoms with van der Waals surface area (Å²) in [6, 6.07) is 24.9. The third-order valence-electron chi connectivity index (χ3n) is 6.11. The molecule has 7 nitrogen and oxygen atoms in total. The third kappa shape index (κ3) is 5.78. The molecule has 2 aromatic heterocycles. The summed E-state index contributed by atoms with van der Waals surface area (Å²) in [7, 11) is 0. The molecule has 1 fully saturated rings. The highest BCUT2D eigenvalue weighted by molar-refractivity contribution is 7.98. The Kier molecular flexibility index (Phi) is 7.20. The van der Waals surface area contributed by atoms with E-state index in [0.29, 0.717) is 16.9 Å². The van der Waals surface area contributed by atoms with Gasteiger partial charge in [0.05, 0.1) is 11.7 Å². The van der Waals surface area contributed by atoms with Crippen LogP contribution in [0.4, 0.5) is 5.95 Å². The predicted octanol–water partition coefficient (Wildman–Crippen LogP) is 4.07. The van der Waals surface area contributed by atoms with E-state index < -0.39 is 0 Å². The Balaban J connectivity index is 1.29. The van der Waals surface area contributed by atoms with Crippen LogP contribution in [0.5, 0.6) is 0 Å². The maximum atomic E-state index is 12.4. The molecule has 0 spiro atoms. The summed E-state index contributed by atoms with van der Waals surface area (Å²) < 4.78 is 0. The highest BCUT2D eigenvalue weighted by Gasteiger charge is 2.27. The second-order valence-electron chi connectivity index (χ2n) is 8.58. The lowest BCUT2D eigenvalue weighted by molar-refractivity contribution is 0.211. The number of aromatic amines is 1. The molecule has 0 unspecified atom stereocenters. The van der Waals surface area contributed by atoms with Gasteiger partial charge in [-0.15, -0.1) is 0 Å². The minimum absolute atomic E-state index is 0.135. The Morgan fingerprint density at radius 1 is 0.914 bits per heavy atom. The molecule has 1 aliphatic rings. The lowest BCUT2D eigenvalue weighted by Crippen LogP contribution is -2.48. The Hall–Kier alpha value is -3.49. The van der Waals surface area contributed by atoms with Gasteiger partial charge in [-0.25, -0.2) is 15.0 Å². The average Bonchev–Trinajstić information content (AvgIpc) is 2.89. The second-order valence-corrected chi connectivity index (χ2v) is 9.52. The van der Waals surface area contributed by atoms with E-state index in [0.717, 1.165) is 37.6 Å². The first-order valence-corrected chi connectivity index (χ1v) is 12.8. The number of hydrogen-bond donors (Lipinski definition) is 1. The van der Waals surface area contributed by atoms with Gasteiger partial charge in [-0.2, -0.15) is 0 Å². The number of hydrogen-bond acceptors (Lipinski definition) is 7. The van der Waals surface area contributed by atoms with Crippen LogP contribution in [0.2, 0.25) is 0 Å². The summed E-state index contributed by atoms with van der Waals surface area (Å²) in [6.07, 6.45) is 1.75. The van der Waals surface area contributed by atoms with Gasteiger partial charge in [-0.05, 0) is 24.1 Å². The molecule has 1 N–H and O–H groups in total. The van der Waals surface area contributed by atoms with Crippen molar-refractivity contribution in [1.29, 1.82) is 0 Å². The van der Waals surface area contributed by atoms with Gasteiger partial charge < -0.3 is 4.90 Å². The molecule has 0 amide bonds. The van der Waals surface area contributed by atoms with Gasteiger partial charge in [-0.1, -0.05) is 72.4 Å². The third-order valence-corrected chi connectivity index (χ3v) is 7.01. The van der Waals surface area contributed by atoms with E-state index in [9.17, 15) is 4.79 Å². The van der Waals surface area contributed by atoms with Gasteiger partial charge in [0.25, 0.3) is 5.56 Å². The normalized spacial score (nSPS) is 14.4. The van der Waals surface area contributed by atoms with Gasteiger partial charge in [0, 0.05) is 49.9 Å². The highest BCUT2D eigenvalue weighted by atomic mass is 32.2. The first kappa shape index (κ1) is 23.3. The zero-order valence-electron chi connectivity index (χ0n) is 19.7. The maximum absolute atomic E-state index is 12.4. The first-order valence-electron chi connectivity index (χ1n) is 11.8. The number of thioether (sulfide) groups is 1. The summed E-state index contributed by atoms with van der Waals surface area (Å²) in [5.74, 6) is 1.18. The van der Waals surface area contributed by atoms with E-state index >= 15 is 0 Å². The van der Waals surface area contributed by atoms with Gasteiger partial charge >= 0.3 is 0 Å². The SMILES string of the molecule is Cc1ccnc(SCc2cc(=O)[nH]c(N3CCN(C(c4ccccc4)c4ccccc4)CC3)n2)n1. The molecule has 2 aromatic carbocycles. The van der Waals surface area contributed by atoms with Crippen LogP contribution in [-0.2, 0) is 5.75 Å². The predicted molar refractivity (Wildman–Crippen MR) is 140 cm³/mol. The van der Waals surface area contributed by atoms with Gasteiger partial charge in [0.1, 0.15) is 0 Å². The number of nitrogens with zero attached hydrogens (tertiary/aromatic N) is 5. The first-order chi connectivity index (χ1) is 17.2. The molecule has 0 aliphatic carbocycles. The molecule has 8 heteroatoms. The monoisotopic (exact) mass is 484 g/mol. The molecule has 1 saturated heterocycles. The van der Waals surface area contributed by atoms with Crippen molar-refractivity contribution in [3.8, 4) is 0 Å². The number of nitrogens with one attached hydrogen (secondary N) is 1. The lowest BCUT2D eigenvalue weighted by Gasteiger charge is -2.40. The summed E-state index contributed by atoms with van der Waals surface area (Å²) in [5.41, 5.74) is 4.09. The Morgan fingerprint density at radius 3 is 2.20 bits per heavy atom. The van der Waals surface area contributed by atoms with Crippen molar-refractivity contribution in [2.75, 3.05) is 31.1 Å². The molecule has 0 radical (unpaired) electrons. The van der Waals surface area contributed by atoms with E-state index in [1.807, 2.05) is 13.0 Å². The van der Waals surface area contributed by atoms with E-state index in [1.165, 1.54) is 22.9 Å². The number of benzene rings is 2. The van der Waals surface area contributed by atoms with Crippen molar-refractivity contribution in [3.63, 3.8) is 0 Å². The Morgan fingerprint density at radius 2 is 1.57 bits per heavy atom. The Labute approximate surface area is 209 Å². The quantitative estimate of drug-likeness (QED) is 0.313. The van der Waals surface area contributed by atoms with Crippen LogP contribution < -0.4 is 10.5 Å². The standard InChI is InChI=1S/C27H28N6OS/c1-20-12-13-28-27(29-20)35-19-23-18-24(34)31-26(30-23)33-16-14-32(15-17-33)25(21-8-4-2-5-9-21)22-10-6-3-7-11-22/h2-13,18,25H,14-17,19H2,1H3,(H,30,31,34). The molecule has 5 rings (SSSR count). The van der Waals surface area contributed by atoms with E-state index in [1.54, 1.807) is 12.3 Å². The number of piperazine rings is 1. The molecular formula is C27H28N6OS. The molecule has 0 bridgehead atoms. The minimum Gasteiger partial charge on any atom is -0.340 e. The van der Waals surface area contributed by atoms with Crippen molar-refractivity contribution < 1.29 is 0 Å². The van der Waals surface area contributed by atoms with Crippen LogP contribution in [0.1, 0.15) is 28.6 Å². The molecule has 4 aromatic rings. The topological polar surface area (TPSA) is 78.0 Å². The lowest BCUT2D eigenvalue weighted by atomic mass is 9.96. The summed E-state index contributed by atoms with van der Waals surface area (Å²) >= 11 is 1.49. The maximum Gasteiger partial charge on any atom is 0.252 e. The molecule has 1 aliphatic heterocycles. The number of aryl methyl sites for hydroxylation is 1. The van der Waals surface area contributed by atoms with Crippen LogP contribution in [0.15, 0.2) is 88.9 Å². The van der Waals surface area contributed by atoms with Crippen molar-refractivity contribution in [3.05, 3.63) is 112 Å². The second kappa shape index (κ2) is 10.8. The molecule has 0 atom stereocenters. The smallest absolute Gasteiger partial charge is 0.252 e. The summed E-state index contributed by atoms with van der Waals surface area (Å²) in [4.78, 5) is 33.5. The molecule has 35 heavy (non-hydrogen) atoms. The average molecular weight is 485 g/mol. The van der Waals surface area contributed by atoms with Crippen LogP contribution in [0.25, 0.3) is 0 Å². The Bertz CT molecular complexity index is 1270. The molecular weight excluding hydrogens is 456 g/mol. The van der Waals surface area contributed by atoms with Crippen LogP contribution in [0.3, 0.4) is 0 Å². The molecule has 178 valence electrons. The van der Waals surface area contributed by atoms with Crippen molar-refractivity contribution in [1.82, 2.24) is 24.8 Å². The molecule has 3 heterocycles. The number of aromatic nitrogens is 4. The number of anilines is 1. The minimum atomic E-state index is -0.135. The van der Waals surface area contributed by atoms with Gasteiger partial charge in [-0.3, -0.25) is 14.7 Å². The molecule has 0 saturated carbocycles. The zero-order valence-corrected chi connectivity index (χ0v) is 20.5. The van der Waals surface area contributed by atoms with E-state index in [-0.39, 0.29) is 11.6 Å². The fraction of sp³-hybridized carbons (Fsp3) is 0.259. The van der Waals surface area contributed by atoms with Crippen molar-refractivity contribution in [2.24, 2.45) is 0 Å². The van der Waals surface area contributed by atoms with E-state index in [2.05, 4.69) is 85.4 Å². The number of rotatable bonds is 7. The van der Waals surface area contributed by atoms with Crippen molar-refractivity contribution in [2.45, 2.75) is 23.9 Å². The van der Waals surface area contributed by atoms with Crippen LogP contribution >= 0.6 is 11.8 Å². The fourth-order valence-electron chi connectivity index (χ4n) is 4.43. The largest absolute Gasteiger partial charge is 0.340 e. The summed E-state index contributed by atoms with van der Waals surface area (Å²) in [5, 5.41) is 0.690. The van der Waals surface area contributed by atoms with E-state index in [4.69, 9.17) is 4.98 Å².